The first-order chi connectivity index (χ1) is 16.6. The summed E-state index contributed by atoms with van der Waals surface area (Å²) in [5, 5.41) is 10.8. The van der Waals surface area contributed by atoms with Crippen LogP contribution in [0, 0.1) is 0 Å². The van der Waals surface area contributed by atoms with E-state index in [9.17, 15) is 23.1 Å². The number of aliphatic hydroxyl groups is 1. The molecule has 2 aromatic carbocycles. The number of likely N-dealkylation sites (tertiary alicyclic amines) is 1. The van der Waals surface area contributed by atoms with Crippen LogP contribution < -0.4 is 19.6 Å². The first kappa shape index (κ1) is 24.9. The molecule has 2 atom stereocenters. The quantitative estimate of drug-likeness (QED) is 0.551. The van der Waals surface area contributed by atoms with E-state index in [4.69, 9.17) is 18.6 Å². The molecule has 2 heterocycles. The summed E-state index contributed by atoms with van der Waals surface area (Å²) >= 11 is 0. The summed E-state index contributed by atoms with van der Waals surface area (Å²) in [5.74, 6) is -0.753. The van der Waals surface area contributed by atoms with Gasteiger partial charge in [0, 0.05) is 29.7 Å². The number of β-amino-alcohol motifs (C(OH)–C–C–N with tert-alkyl or cyclic N) is 1. The molecule has 0 bridgehead atoms. The fourth-order valence-electron chi connectivity index (χ4n) is 4.49. The molecule has 3 aromatic rings. The van der Waals surface area contributed by atoms with Gasteiger partial charge in [0.05, 0.1) is 20.3 Å². The molecule has 1 aromatic heterocycles. The monoisotopic (exact) mass is 493 g/mol. The zero-order valence-electron chi connectivity index (χ0n) is 19.5. The number of benzene rings is 2. The van der Waals surface area contributed by atoms with Gasteiger partial charge in [-0.05, 0) is 20.0 Å². The van der Waals surface area contributed by atoms with Crippen LogP contribution in [0.1, 0.15) is 17.9 Å². The molecule has 1 saturated heterocycles. The predicted octanol–water partition coefficient (Wildman–Crippen LogP) is 4.20. The average molecular weight is 493 g/mol. The number of hydrogen-bond donors (Lipinski definition) is 1. The van der Waals surface area contributed by atoms with Gasteiger partial charge < -0.3 is 28.6 Å². The number of alkyl halides is 3. The molecule has 188 valence electrons. The highest BCUT2D eigenvalue weighted by Gasteiger charge is 2.35. The Morgan fingerprint density at radius 2 is 1.83 bits per heavy atom. The molecule has 10 heteroatoms. The fourth-order valence-corrected chi connectivity index (χ4v) is 4.49. The first-order valence-corrected chi connectivity index (χ1v) is 11.0. The number of ether oxygens (including phenoxy) is 3. The van der Waals surface area contributed by atoms with Gasteiger partial charge in [-0.3, -0.25) is 4.79 Å². The Balaban J connectivity index is 2.06. The van der Waals surface area contributed by atoms with Gasteiger partial charge in [0.2, 0.25) is 11.2 Å². The number of piperidine rings is 1. The molecule has 35 heavy (non-hydrogen) atoms. The Morgan fingerprint density at radius 1 is 1.14 bits per heavy atom. The number of likely N-dealkylation sites (N-methyl/N-ethyl adjacent to an activating group) is 1. The average Bonchev–Trinajstić information content (AvgIpc) is 2.82. The molecule has 0 amide bonds. The summed E-state index contributed by atoms with van der Waals surface area (Å²) < 4.78 is 61.2. The van der Waals surface area contributed by atoms with Crippen molar-refractivity contribution in [1.82, 2.24) is 4.90 Å². The molecule has 0 saturated carbocycles. The van der Waals surface area contributed by atoms with Gasteiger partial charge in [0.25, 0.3) is 0 Å². The van der Waals surface area contributed by atoms with E-state index in [0.29, 0.717) is 36.4 Å². The van der Waals surface area contributed by atoms with Crippen molar-refractivity contribution < 1.29 is 36.9 Å². The molecule has 1 aliphatic rings. The topological polar surface area (TPSA) is 81.4 Å². The largest absolute Gasteiger partial charge is 0.496 e. The first-order valence-electron chi connectivity index (χ1n) is 11.0. The number of aliphatic hydroxyl groups excluding tert-OH is 1. The van der Waals surface area contributed by atoms with Crippen molar-refractivity contribution >= 4 is 11.0 Å². The second-order valence-electron chi connectivity index (χ2n) is 8.48. The molecule has 0 aliphatic carbocycles. The van der Waals surface area contributed by atoms with Gasteiger partial charge >= 0.3 is 6.18 Å². The van der Waals surface area contributed by atoms with Gasteiger partial charge in [0.15, 0.2) is 12.4 Å². The minimum atomic E-state index is -4.66. The maximum atomic E-state index is 13.6. The molecule has 0 radical (unpaired) electrons. The second-order valence-corrected chi connectivity index (χ2v) is 8.48. The van der Waals surface area contributed by atoms with E-state index in [1.54, 1.807) is 30.3 Å². The molecule has 4 rings (SSSR count). The van der Waals surface area contributed by atoms with E-state index in [0.717, 1.165) is 0 Å². The zero-order valence-corrected chi connectivity index (χ0v) is 19.5. The SMILES string of the molecule is COc1cc(OC)c2c(=O)c(OCC(F)(F)F)c(-c3ccccc3)oc2c1[C@H]1CCN(C)C[C@H]1O. The van der Waals surface area contributed by atoms with Crippen molar-refractivity contribution in [3.8, 4) is 28.6 Å². The summed E-state index contributed by atoms with van der Waals surface area (Å²) in [7, 11) is 4.67. The van der Waals surface area contributed by atoms with Crippen molar-refractivity contribution in [3.05, 3.63) is 52.2 Å². The number of hydrogen-bond acceptors (Lipinski definition) is 7. The Labute approximate surface area is 199 Å². The number of methoxy groups -OCH3 is 2. The summed E-state index contributed by atoms with van der Waals surface area (Å²) in [6.45, 7) is -0.590. The molecule has 7 nitrogen and oxygen atoms in total. The maximum absolute atomic E-state index is 13.6. The van der Waals surface area contributed by atoms with E-state index < -0.39 is 36.0 Å². The Morgan fingerprint density at radius 3 is 2.43 bits per heavy atom. The molecule has 0 unspecified atom stereocenters. The normalized spacial score (nSPS) is 19.1. The van der Waals surface area contributed by atoms with Crippen LogP contribution in [-0.2, 0) is 0 Å². The van der Waals surface area contributed by atoms with Crippen LogP contribution in [0.15, 0.2) is 45.6 Å². The summed E-state index contributed by atoms with van der Waals surface area (Å²) in [4.78, 5) is 15.6. The molecule has 1 fully saturated rings. The van der Waals surface area contributed by atoms with Gasteiger partial charge in [-0.2, -0.15) is 13.2 Å². The number of nitrogens with zero attached hydrogens (tertiary/aromatic N) is 1. The molecule has 1 N–H and O–H groups in total. The van der Waals surface area contributed by atoms with E-state index in [1.165, 1.54) is 20.3 Å². The highest BCUT2D eigenvalue weighted by Crippen LogP contribution is 2.45. The zero-order chi connectivity index (χ0) is 25.3. The number of fused-ring (bicyclic) bond motifs is 1. The Hall–Kier alpha value is -3.24. The summed E-state index contributed by atoms with van der Waals surface area (Å²) in [6.07, 6.45) is -4.90. The standard InChI is InChI=1S/C25H26F3NO6/c1-29-10-9-15(16(30)12-29)19-17(32-2)11-18(33-3)20-21(31)24(34-13-25(26,27)28)22(35-23(19)20)14-7-5-4-6-8-14/h4-8,11,15-16,30H,9-10,12-13H2,1-3H3/t15-,16+/m0/s1. The van der Waals surface area contributed by atoms with Gasteiger partial charge in [-0.1, -0.05) is 30.3 Å². The van der Waals surface area contributed by atoms with E-state index in [1.807, 2.05) is 11.9 Å². The summed E-state index contributed by atoms with van der Waals surface area (Å²) in [5.41, 5.74) is 0.0939. The van der Waals surface area contributed by atoms with E-state index >= 15 is 0 Å². The molecule has 1 aliphatic heterocycles. The van der Waals surface area contributed by atoms with Crippen molar-refractivity contribution in [3.63, 3.8) is 0 Å². The maximum Gasteiger partial charge on any atom is 0.422 e. The van der Waals surface area contributed by atoms with Crippen molar-refractivity contribution in [2.24, 2.45) is 0 Å². The van der Waals surface area contributed by atoms with Gasteiger partial charge in [-0.15, -0.1) is 0 Å². The van der Waals surface area contributed by atoms with Crippen molar-refractivity contribution in [2.75, 3.05) is 41.0 Å². The van der Waals surface area contributed by atoms with Crippen LogP contribution in [0.5, 0.6) is 17.2 Å². The lowest BCUT2D eigenvalue weighted by atomic mass is 9.85. The molecular weight excluding hydrogens is 467 g/mol. The lowest BCUT2D eigenvalue weighted by molar-refractivity contribution is -0.153. The smallest absolute Gasteiger partial charge is 0.422 e. The van der Waals surface area contributed by atoms with Gasteiger partial charge in [0.1, 0.15) is 22.5 Å². The third kappa shape index (κ3) is 4.94. The summed E-state index contributed by atoms with van der Waals surface area (Å²) in [6, 6.07) is 9.75. The van der Waals surface area contributed by atoms with Crippen LogP contribution >= 0.6 is 0 Å². The second kappa shape index (κ2) is 9.79. The lowest BCUT2D eigenvalue weighted by Gasteiger charge is -2.34. The predicted molar refractivity (Wildman–Crippen MR) is 123 cm³/mol. The number of rotatable bonds is 6. The van der Waals surface area contributed by atoms with Crippen LogP contribution in [-0.4, -0.2) is 63.3 Å². The van der Waals surface area contributed by atoms with Crippen LogP contribution in [0.25, 0.3) is 22.3 Å². The van der Waals surface area contributed by atoms with Crippen LogP contribution in [0.2, 0.25) is 0 Å². The third-order valence-corrected chi connectivity index (χ3v) is 6.10. The van der Waals surface area contributed by atoms with Gasteiger partial charge in [-0.25, -0.2) is 0 Å². The van der Waals surface area contributed by atoms with Crippen molar-refractivity contribution in [1.29, 1.82) is 0 Å². The lowest BCUT2D eigenvalue weighted by Crippen LogP contribution is -2.40. The fraction of sp³-hybridized carbons (Fsp3) is 0.400. The Kier molecular flexibility index (Phi) is 6.95. The highest BCUT2D eigenvalue weighted by atomic mass is 19.4. The van der Waals surface area contributed by atoms with Crippen LogP contribution in [0.4, 0.5) is 13.2 Å². The third-order valence-electron chi connectivity index (χ3n) is 6.10. The number of halogens is 3. The Bertz CT molecular complexity index is 1260. The van der Waals surface area contributed by atoms with E-state index in [2.05, 4.69) is 0 Å². The molecular formula is C25H26F3NO6. The van der Waals surface area contributed by atoms with E-state index in [-0.39, 0.29) is 22.5 Å². The highest BCUT2D eigenvalue weighted by molar-refractivity contribution is 5.92. The van der Waals surface area contributed by atoms with Crippen LogP contribution in [0.3, 0.4) is 0 Å². The van der Waals surface area contributed by atoms with Crippen molar-refractivity contribution in [2.45, 2.75) is 24.6 Å². The molecule has 0 spiro atoms. The minimum absolute atomic E-state index is 0.0632. The minimum Gasteiger partial charge on any atom is -0.496 e.